The quantitative estimate of drug-likeness (QED) is 0.636. The molecule has 3 aromatic rings. The molecule has 9 heteroatoms. The van der Waals surface area contributed by atoms with E-state index in [0.29, 0.717) is 34.8 Å². The molecule has 0 saturated carbocycles. The zero-order valence-corrected chi connectivity index (χ0v) is 17.4. The van der Waals surface area contributed by atoms with Crippen LogP contribution in [0.2, 0.25) is 0 Å². The van der Waals surface area contributed by atoms with Gasteiger partial charge in [0.15, 0.2) is 9.84 Å². The van der Waals surface area contributed by atoms with Gasteiger partial charge in [-0.2, -0.15) is 13.2 Å². The third kappa shape index (κ3) is 3.59. The maximum absolute atomic E-state index is 13.7. The van der Waals surface area contributed by atoms with Gasteiger partial charge in [-0.15, -0.1) is 0 Å². The number of fused-ring (bicyclic) bond motifs is 3. The average Bonchev–Trinajstić information content (AvgIpc) is 2.78. The zero-order valence-electron chi connectivity index (χ0n) is 16.6. The summed E-state index contributed by atoms with van der Waals surface area (Å²) < 4.78 is 67.6. The van der Waals surface area contributed by atoms with Gasteiger partial charge >= 0.3 is 6.18 Å². The molecule has 1 aromatic heterocycles. The number of halogens is 3. The van der Waals surface area contributed by atoms with Crippen LogP contribution in [-0.4, -0.2) is 43.5 Å². The number of aliphatic hydroxyl groups excluding tert-OH is 1. The number of alkyl halides is 3. The maximum atomic E-state index is 13.7. The summed E-state index contributed by atoms with van der Waals surface area (Å²) in [4.78, 5) is -0.746. The van der Waals surface area contributed by atoms with Gasteiger partial charge in [0.05, 0.1) is 28.1 Å². The van der Waals surface area contributed by atoms with Gasteiger partial charge in [-0.1, -0.05) is 11.6 Å². The molecule has 0 amide bonds. The van der Waals surface area contributed by atoms with Crippen LogP contribution < -0.4 is 5.32 Å². The summed E-state index contributed by atoms with van der Waals surface area (Å²) >= 11 is 0. The van der Waals surface area contributed by atoms with Gasteiger partial charge in [0, 0.05) is 29.1 Å². The van der Waals surface area contributed by atoms with E-state index in [1.165, 1.54) is 0 Å². The van der Waals surface area contributed by atoms with Crippen LogP contribution in [0.1, 0.15) is 30.0 Å². The third-order valence-corrected chi connectivity index (χ3v) is 6.88. The lowest BCUT2D eigenvalue weighted by Crippen LogP contribution is -2.31. The molecule has 0 radical (unpaired) electrons. The minimum Gasteiger partial charge on any atom is -0.390 e. The van der Waals surface area contributed by atoms with E-state index in [9.17, 15) is 26.7 Å². The molecule has 2 N–H and O–H groups in total. The van der Waals surface area contributed by atoms with Crippen molar-refractivity contribution >= 4 is 31.6 Å². The number of benzene rings is 2. The normalized spacial score (nSPS) is 21.3. The SMILES string of the molecule is Cc1ccc2c(c1)c1cc(C(F)(F)F)c(S(C)(=O)=O)cc1n2[C@H]1CCCNC[C@@H]1O. The molecule has 2 atom stereocenters. The van der Waals surface area contributed by atoms with Crippen molar-refractivity contribution in [3.8, 4) is 0 Å². The largest absolute Gasteiger partial charge is 0.417 e. The second kappa shape index (κ2) is 7.25. The molecule has 1 saturated heterocycles. The average molecular weight is 440 g/mol. The van der Waals surface area contributed by atoms with E-state index in [2.05, 4.69) is 5.32 Å². The number of nitrogens with one attached hydrogen (secondary N) is 1. The van der Waals surface area contributed by atoms with Crippen molar-refractivity contribution in [1.29, 1.82) is 0 Å². The lowest BCUT2D eigenvalue weighted by molar-refractivity contribution is -0.139. The predicted molar refractivity (Wildman–Crippen MR) is 109 cm³/mol. The Labute approximate surface area is 172 Å². The Morgan fingerprint density at radius 2 is 1.83 bits per heavy atom. The fourth-order valence-corrected chi connectivity index (χ4v) is 5.29. The summed E-state index contributed by atoms with van der Waals surface area (Å²) in [7, 11) is -4.13. The van der Waals surface area contributed by atoms with Crippen molar-refractivity contribution in [2.45, 2.75) is 43.0 Å². The lowest BCUT2D eigenvalue weighted by Gasteiger charge is -2.24. The molecule has 4 rings (SSSR count). The topological polar surface area (TPSA) is 71.3 Å². The summed E-state index contributed by atoms with van der Waals surface area (Å²) in [5, 5.41) is 14.8. The Morgan fingerprint density at radius 1 is 1.13 bits per heavy atom. The van der Waals surface area contributed by atoms with Crippen molar-refractivity contribution < 1.29 is 26.7 Å². The standard InChI is InChI=1S/C21H23F3N2O3S/c1-12-5-6-16-13(8-12)14-9-15(21(22,23)24)20(30(2,28)29)10-18(14)26(16)17-4-3-7-25-11-19(17)27/h5-6,8-10,17,19,25,27H,3-4,7,11H2,1-2H3/t17-,19-/m0/s1. The number of aryl methyl sites for hydroxylation is 1. The Bertz CT molecular complexity index is 1230. The van der Waals surface area contributed by atoms with Crippen LogP contribution in [0.15, 0.2) is 35.2 Å². The van der Waals surface area contributed by atoms with Crippen molar-refractivity contribution in [1.82, 2.24) is 9.88 Å². The Morgan fingerprint density at radius 3 is 2.50 bits per heavy atom. The number of rotatable bonds is 2. The number of hydrogen-bond donors (Lipinski definition) is 2. The molecule has 1 aliphatic rings. The highest BCUT2D eigenvalue weighted by Crippen LogP contribution is 2.42. The van der Waals surface area contributed by atoms with Crippen molar-refractivity contribution in [2.75, 3.05) is 19.3 Å². The molecule has 0 unspecified atom stereocenters. The first-order chi connectivity index (χ1) is 14.0. The fraction of sp³-hybridized carbons (Fsp3) is 0.429. The van der Waals surface area contributed by atoms with Crippen LogP contribution in [0.5, 0.6) is 0 Å². The summed E-state index contributed by atoms with van der Waals surface area (Å²) in [5.74, 6) is 0. The summed E-state index contributed by atoms with van der Waals surface area (Å²) in [6.45, 7) is 2.94. The van der Waals surface area contributed by atoms with E-state index >= 15 is 0 Å². The molecule has 30 heavy (non-hydrogen) atoms. The molecule has 1 aliphatic heterocycles. The van der Waals surface area contributed by atoms with E-state index < -0.39 is 32.6 Å². The molecule has 1 fully saturated rings. The number of aliphatic hydroxyl groups is 1. The molecule has 5 nitrogen and oxygen atoms in total. The molecule has 162 valence electrons. The van der Waals surface area contributed by atoms with E-state index in [0.717, 1.165) is 36.9 Å². The summed E-state index contributed by atoms with van der Waals surface area (Å²) in [6.07, 6.45) is -3.37. The van der Waals surface area contributed by atoms with E-state index in [-0.39, 0.29) is 6.04 Å². The zero-order chi connectivity index (χ0) is 21.8. The number of aromatic nitrogens is 1. The lowest BCUT2D eigenvalue weighted by atomic mass is 10.1. The first-order valence-corrected chi connectivity index (χ1v) is 11.6. The molecule has 0 bridgehead atoms. The van der Waals surface area contributed by atoms with E-state index in [4.69, 9.17) is 0 Å². The molecular weight excluding hydrogens is 417 g/mol. The highest BCUT2D eigenvalue weighted by atomic mass is 32.2. The monoisotopic (exact) mass is 440 g/mol. The van der Waals surface area contributed by atoms with Crippen LogP contribution in [0.25, 0.3) is 21.8 Å². The van der Waals surface area contributed by atoms with Gasteiger partial charge in [0.2, 0.25) is 0 Å². The van der Waals surface area contributed by atoms with Crippen LogP contribution in [0.4, 0.5) is 13.2 Å². The number of sulfone groups is 1. The Kier molecular flexibility index (Phi) is 5.11. The van der Waals surface area contributed by atoms with Crippen LogP contribution in [-0.2, 0) is 16.0 Å². The van der Waals surface area contributed by atoms with Gasteiger partial charge < -0.3 is 15.0 Å². The first kappa shape index (κ1) is 21.1. The van der Waals surface area contributed by atoms with Gasteiger partial charge in [-0.25, -0.2) is 8.42 Å². The maximum Gasteiger partial charge on any atom is 0.417 e. The highest BCUT2D eigenvalue weighted by molar-refractivity contribution is 7.90. The highest BCUT2D eigenvalue weighted by Gasteiger charge is 2.38. The van der Waals surface area contributed by atoms with Gasteiger partial charge in [-0.05, 0) is 50.6 Å². The van der Waals surface area contributed by atoms with Crippen molar-refractivity contribution in [3.05, 3.63) is 41.5 Å². The number of hydrogen-bond acceptors (Lipinski definition) is 4. The minimum atomic E-state index is -4.81. The number of β-amino-alcohol motifs (C(OH)–C–C–N with tert-alkyl or cyclic N) is 1. The second-order valence-electron chi connectivity index (χ2n) is 8.01. The van der Waals surface area contributed by atoms with Gasteiger partial charge in [0.1, 0.15) is 0 Å². The molecular formula is C21H23F3N2O3S. The molecule has 2 aromatic carbocycles. The molecule has 0 spiro atoms. The van der Waals surface area contributed by atoms with Crippen molar-refractivity contribution in [3.63, 3.8) is 0 Å². The van der Waals surface area contributed by atoms with Crippen LogP contribution in [0.3, 0.4) is 0 Å². The Balaban J connectivity index is 2.15. The van der Waals surface area contributed by atoms with Gasteiger partial charge in [-0.3, -0.25) is 0 Å². The van der Waals surface area contributed by atoms with E-state index in [1.807, 2.05) is 23.6 Å². The fourth-order valence-electron chi connectivity index (χ4n) is 4.39. The first-order valence-electron chi connectivity index (χ1n) is 9.73. The summed E-state index contributed by atoms with van der Waals surface area (Å²) in [5.41, 5.74) is 0.779. The van der Waals surface area contributed by atoms with E-state index in [1.54, 1.807) is 6.07 Å². The minimum absolute atomic E-state index is 0.331. The molecule has 0 aliphatic carbocycles. The second-order valence-corrected chi connectivity index (χ2v) is 9.99. The molecule has 2 heterocycles. The van der Waals surface area contributed by atoms with Crippen LogP contribution in [0, 0.1) is 6.92 Å². The predicted octanol–water partition coefficient (Wildman–Crippen LogP) is 3.81. The smallest absolute Gasteiger partial charge is 0.390 e. The third-order valence-electron chi connectivity index (χ3n) is 5.75. The Hall–Kier alpha value is -2.10. The summed E-state index contributed by atoms with van der Waals surface area (Å²) in [6, 6.07) is 7.16. The van der Waals surface area contributed by atoms with Gasteiger partial charge in [0.25, 0.3) is 0 Å². The van der Waals surface area contributed by atoms with Crippen LogP contribution >= 0.6 is 0 Å². The number of nitrogens with zero attached hydrogens (tertiary/aromatic N) is 1. The van der Waals surface area contributed by atoms with Crippen molar-refractivity contribution in [2.24, 2.45) is 0 Å².